The normalized spacial score (nSPS) is 11.8. The lowest BCUT2D eigenvalue weighted by Crippen LogP contribution is -2.24. The summed E-state index contributed by atoms with van der Waals surface area (Å²) in [7, 11) is 0. The first-order valence-corrected chi connectivity index (χ1v) is 7.63. The van der Waals surface area contributed by atoms with Gasteiger partial charge in [-0.15, -0.1) is 11.3 Å². The molecule has 0 aliphatic heterocycles. The number of rotatable bonds is 5. The van der Waals surface area contributed by atoms with Crippen molar-refractivity contribution in [3.8, 4) is 0 Å². The van der Waals surface area contributed by atoms with Crippen LogP contribution in [0.3, 0.4) is 0 Å². The van der Waals surface area contributed by atoms with Gasteiger partial charge in [0.1, 0.15) is 4.88 Å². The number of hydrogen-bond acceptors (Lipinski definition) is 5. The fourth-order valence-corrected chi connectivity index (χ4v) is 2.65. The summed E-state index contributed by atoms with van der Waals surface area (Å²) in [5.41, 5.74) is 1.55. The standard InChI is InChI=1S/C17H16O4S/c1-10-4-6-13(7-5-10)16(19)12(3)21-17(20)15-9-8-14(22-15)11(2)18/h4-9,12H,1-3H3/t12-/m1/s1. The lowest BCUT2D eigenvalue weighted by atomic mass is 10.1. The number of carbonyl (C=O) groups excluding carboxylic acids is 3. The number of ketones is 2. The zero-order valence-electron chi connectivity index (χ0n) is 12.6. The molecule has 0 N–H and O–H groups in total. The number of ether oxygens (including phenoxy) is 1. The summed E-state index contributed by atoms with van der Waals surface area (Å²) in [6.45, 7) is 4.91. The van der Waals surface area contributed by atoms with Crippen molar-refractivity contribution in [3.05, 3.63) is 57.3 Å². The molecule has 1 aromatic heterocycles. The molecule has 4 nitrogen and oxygen atoms in total. The van der Waals surface area contributed by atoms with Crippen LogP contribution in [0, 0.1) is 6.92 Å². The van der Waals surface area contributed by atoms with Crippen LogP contribution in [0.15, 0.2) is 36.4 Å². The largest absolute Gasteiger partial charge is 0.450 e. The SMILES string of the molecule is CC(=O)c1ccc(C(=O)O[C@H](C)C(=O)c2ccc(C)cc2)s1. The van der Waals surface area contributed by atoms with Crippen molar-refractivity contribution in [2.24, 2.45) is 0 Å². The topological polar surface area (TPSA) is 60.4 Å². The van der Waals surface area contributed by atoms with Crippen LogP contribution < -0.4 is 0 Å². The molecule has 0 amide bonds. The molecule has 2 rings (SSSR count). The molecule has 0 aliphatic carbocycles. The maximum absolute atomic E-state index is 12.2. The molecule has 114 valence electrons. The van der Waals surface area contributed by atoms with Gasteiger partial charge in [-0.1, -0.05) is 29.8 Å². The third kappa shape index (κ3) is 3.68. The first-order valence-electron chi connectivity index (χ1n) is 6.81. The molecule has 0 spiro atoms. The van der Waals surface area contributed by atoms with Crippen LogP contribution >= 0.6 is 11.3 Å². The summed E-state index contributed by atoms with van der Waals surface area (Å²) in [5, 5.41) is 0. The van der Waals surface area contributed by atoms with Crippen molar-refractivity contribution in [1.82, 2.24) is 0 Å². The third-order valence-electron chi connectivity index (χ3n) is 3.14. The van der Waals surface area contributed by atoms with E-state index in [1.807, 2.05) is 19.1 Å². The van der Waals surface area contributed by atoms with E-state index in [-0.39, 0.29) is 11.6 Å². The Kier molecular flexibility index (Phi) is 4.88. The molecule has 22 heavy (non-hydrogen) atoms. The Labute approximate surface area is 132 Å². The van der Waals surface area contributed by atoms with Crippen molar-refractivity contribution in [2.75, 3.05) is 0 Å². The van der Waals surface area contributed by atoms with Crippen LogP contribution in [-0.4, -0.2) is 23.6 Å². The lowest BCUT2D eigenvalue weighted by molar-refractivity contribution is 0.0323. The average Bonchev–Trinajstić information content (AvgIpc) is 2.97. The second-order valence-electron chi connectivity index (χ2n) is 5.00. The molecule has 1 aromatic carbocycles. The molecule has 0 saturated heterocycles. The van der Waals surface area contributed by atoms with Crippen molar-refractivity contribution in [2.45, 2.75) is 26.9 Å². The van der Waals surface area contributed by atoms with Crippen molar-refractivity contribution < 1.29 is 19.1 Å². The Bertz CT molecular complexity index is 713. The summed E-state index contributed by atoms with van der Waals surface area (Å²) >= 11 is 1.07. The van der Waals surface area contributed by atoms with E-state index in [9.17, 15) is 14.4 Å². The van der Waals surface area contributed by atoms with Gasteiger partial charge in [0.2, 0.25) is 5.78 Å². The molecule has 0 fully saturated rings. The maximum atomic E-state index is 12.2. The van der Waals surface area contributed by atoms with Crippen LogP contribution in [0.4, 0.5) is 0 Å². The summed E-state index contributed by atoms with van der Waals surface area (Å²) in [6.07, 6.45) is -0.877. The number of aryl methyl sites for hydroxylation is 1. The Balaban J connectivity index is 2.05. The van der Waals surface area contributed by atoms with Crippen LogP contribution in [0.2, 0.25) is 0 Å². The van der Waals surface area contributed by atoms with E-state index in [0.717, 1.165) is 16.9 Å². The lowest BCUT2D eigenvalue weighted by Gasteiger charge is -2.11. The quantitative estimate of drug-likeness (QED) is 0.623. The van der Waals surface area contributed by atoms with E-state index in [2.05, 4.69) is 0 Å². The number of carbonyl (C=O) groups is 3. The molecule has 0 saturated carbocycles. The van der Waals surface area contributed by atoms with Gasteiger partial charge in [0.05, 0.1) is 4.88 Å². The van der Waals surface area contributed by atoms with Crippen molar-refractivity contribution in [1.29, 1.82) is 0 Å². The summed E-state index contributed by atoms with van der Waals surface area (Å²) in [6, 6.07) is 10.2. The van der Waals surface area contributed by atoms with Crippen LogP contribution in [0.25, 0.3) is 0 Å². The maximum Gasteiger partial charge on any atom is 0.349 e. The fraction of sp³-hybridized carbons (Fsp3) is 0.235. The highest BCUT2D eigenvalue weighted by Crippen LogP contribution is 2.19. The predicted molar refractivity (Wildman–Crippen MR) is 84.7 cm³/mol. The van der Waals surface area contributed by atoms with Gasteiger partial charge in [-0.3, -0.25) is 9.59 Å². The highest BCUT2D eigenvalue weighted by Gasteiger charge is 2.21. The molecular weight excluding hydrogens is 300 g/mol. The summed E-state index contributed by atoms with van der Waals surface area (Å²) in [4.78, 5) is 36.2. The van der Waals surface area contributed by atoms with Gasteiger partial charge in [0, 0.05) is 5.56 Å². The number of thiophene rings is 1. The molecular formula is C17H16O4S. The molecule has 0 unspecified atom stereocenters. The monoisotopic (exact) mass is 316 g/mol. The Morgan fingerprint density at radius 1 is 1.00 bits per heavy atom. The molecule has 5 heteroatoms. The average molecular weight is 316 g/mol. The minimum Gasteiger partial charge on any atom is -0.450 e. The van der Waals surface area contributed by atoms with Crippen molar-refractivity contribution >= 4 is 28.9 Å². The second-order valence-corrected chi connectivity index (χ2v) is 6.08. The fourth-order valence-electron chi connectivity index (χ4n) is 1.86. The Hall–Kier alpha value is -2.27. The van der Waals surface area contributed by atoms with Gasteiger partial charge in [-0.05, 0) is 32.9 Å². The molecule has 1 atom stereocenters. The first-order chi connectivity index (χ1) is 10.4. The van der Waals surface area contributed by atoms with Gasteiger partial charge >= 0.3 is 5.97 Å². The molecule has 1 heterocycles. The predicted octanol–water partition coefficient (Wildman–Crippen LogP) is 3.69. The minimum absolute atomic E-state index is 0.104. The van der Waals surface area contributed by atoms with Crippen LogP contribution in [0.5, 0.6) is 0 Å². The molecule has 2 aromatic rings. The van der Waals surface area contributed by atoms with E-state index in [4.69, 9.17) is 4.74 Å². The van der Waals surface area contributed by atoms with Gasteiger partial charge < -0.3 is 4.74 Å². The second kappa shape index (κ2) is 6.66. The Morgan fingerprint density at radius 2 is 1.59 bits per heavy atom. The van der Waals surface area contributed by atoms with Gasteiger partial charge in [0.25, 0.3) is 0 Å². The van der Waals surface area contributed by atoms with Gasteiger partial charge in [0.15, 0.2) is 11.9 Å². The van der Waals surface area contributed by atoms with Gasteiger partial charge in [-0.2, -0.15) is 0 Å². The minimum atomic E-state index is -0.877. The highest BCUT2D eigenvalue weighted by molar-refractivity contribution is 7.15. The molecule has 0 bridgehead atoms. The molecule has 0 aliphatic rings. The Morgan fingerprint density at radius 3 is 2.14 bits per heavy atom. The van der Waals surface area contributed by atoms with E-state index in [0.29, 0.717) is 15.3 Å². The van der Waals surface area contributed by atoms with Gasteiger partial charge in [-0.25, -0.2) is 4.79 Å². The first kappa shape index (κ1) is 16.1. The number of Topliss-reactive ketones (excluding diaryl/α,β-unsaturated/α-hetero) is 2. The summed E-state index contributed by atoms with van der Waals surface area (Å²) < 4.78 is 5.19. The van der Waals surface area contributed by atoms with E-state index in [1.54, 1.807) is 25.1 Å². The number of benzene rings is 1. The van der Waals surface area contributed by atoms with E-state index >= 15 is 0 Å². The number of esters is 1. The van der Waals surface area contributed by atoms with Crippen molar-refractivity contribution in [3.63, 3.8) is 0 Å². The zero-order chi connectivity index (χ0) is 16.3. The summed E-state index contributed by atoms with van der Waals surface area (Å²) in [5.74, 6) is -0.949. The molecule has 0 radical (unpaired) electrons. The third-order valence-corrected chi connectivity index (χ3v) is 4.31. The zero-order valence-corrected chi connectivity index (χ0v) is 13.4. The van der Waals surface area contributed by atoms with E-state index < -0.39 is 12.1 Å². The number of hydrogen-bond donors (Lipinski definition) is 0. The smallest absolute Gasteiger partial charge is 0.349 e. The highest BCUT2D eigenvalue weighted by atomic mass is 32.1. The van der Waals surface area contributed by atoms with Crippen LogP contribution in [-0.2, 0) is 4.74 Å². The van der Waals surface area contributed by atoms with E-state index in [1.165, 1.54) is 13.0 Å². The van der Waals surface area contributed by atoms with Crippen LogP contribution in [0.1, 0.15) is 49.1 Å².